The van der Waals surface area contributed by atoms with Crippen LogP contribution in [0.15, 0.2) is 33.7 Å². The van der Waals surface area contributed by atoms with Crippen LogP contribution in [0.3, 0.4) is 0 Å². The Labute approximate surface area is 198 Å². The number of hydrogen-bond donors (Lipinski definition) is 3. The molecule has 1 aromatic heterocycles. The van der Waals surface area contributed by atoms with Gasteiger partial charge in [0.15, 0.2) is 5.96 Å². The highest BCUT2D eigenvalue weighted by molar-refractivity contribution is 14.0. The fourth-order valence-electron chi connectivity index (χ4n) is 2.96. The van der Waals surface area contributed by atoms with Crippen LogP contribution < -0.4 is 16.0 Å². The van der Waals surface area contributed by atoms with Crippen molar-refractivity contribution < 1.29 is 4.79 Å². The lowest BCUT2D eigenvalue weighted by Gasteiger charge is -2.18. The van der Waals surface area contributed by atoms with E-state index in [1.807, 2.05) is 30.8 Å². The molecule has 160 valence electrons. The van der Waals surface area contributed by atoms with Crippen LogP contribution in [0, 0.1) is 13.8 Å². The number of aliphatic imine (C=N–C) groups is 1. The van der Waals surface area contributed by atoms with Crippen molar-refractivity contribution >= 4 is 51.8 Å². The monoisotopic (exact) mass is 576 g/mol. The summed E-state index contributed by atoms with van der Waals surface area (Å²) in [6.45, 7) is 7.33. The highest BCUT2D eigenvalue weighted by Crippen LogP contribution is 2.14. The average molecular weight is 577 g/mol. The van der Waals surface area contributed by atoms with Gasteiger partial charge >= 0.3 is 0 Å². The van der Waals surface area contributed by atoms with Crippen molar-refractivity contribution in [1.82, 2.24) is 25.7 Å². The molecule has 1 heterocycles. The normalized spacial score (nSPS) is 12.1. The maximum atomic E-state index is 12.1. The Morgan fingerprint density at radius 3 is 2.38 bits per heavy atom. The van der Waals surface area contributed by atoms with E-state index in [9.17, 15) is 4.79 Å². The summed E-state index contributed by atoms with van der Waals surface area (Å²) in [7, 11) is 3.70. The van der Waals surface area contributed by atoms with Gasteiger partial charge in [0, 0.05) is 49.0 Å². The summed E-state index contributed by atoms with van der Waals surface area (Å²) in [5.74, 6) is 0.623. The van der Waals surface area contributed by atoms with Gasteiger partial charge in [-0.2, -0.15) is 5.10 Å². The number of aryl methyl sites for hydroxylation is 2. The number of carbonyl (C=O) groups is 1. The second kappa shape index (κ2) is 12.2. The third-order valence-electron chi connectivity index (χ3n) is 4.59. The topological polar surface area (TPSA) is 83.3 Å². The number of carbonyl (C=O) groups excluding carboxylic acids is 1. The second-order valence-electron chi connectivity index (χ2n) is 6.78. The molecule has 3 N–H and O–H groups in total. The zero-order valence-electron chi connectivity index (χ0n) is 17.5. The Hall–Kier alpha value is -1.62. The number of amides is 1. The molecule has 0 aliphatic carbocycles. The van der Waals surface area contributed by atoms with Crippen LogP contribution in [0.2, 0.25) is 0 Å². The second-order valence-corrected chi connectivity index (χ2v) is 7.70. The Balaban J connectivity index is 0.00000420. The number of nitrogens with zero attached hydrogens (tertiary/aromatic N) is 3. The van der Waals surface area contributed by atoms with Gasteiger partial charge in [0.05, 0.1) is 5.69 Å². The van der Waals surface area contributed by atoms with E-state index in [-0.39, 0.29) is 35.9 Å². The predicted octanol–water partition coefficient (Wildman–Crippen LogP) is 2.94. The number of halogens is 2. The highest BCUT2D eigenvalue weighted by Gasteiger charge is 2.14. The first kappa shape index (κ1) is 25.4. The molecule has 1 aromatic carbocycles. The number of rotatable bonds is 7. The van der Waals surface area contributed by atoms with Gasteiger partial charge < -0.3 is 16.0 Å². The van der Waals surface area contributed by atoms with Crippen molar-refractivity contribution in [3.63, 3.8) is 0 Å². The Kier molecular flexibility index (Phi) is 10.7. The summed E-state index contributed by atoms with van der Waals surface area (Å²) in [5, 5.41) is 14.0. The molecule has 29 heavy (non-hydrogen) atoms. The molecule has 1 amide bonds. The SMILES string of the molecule is CN=C(NCCNC(=O)c1ccc(Br)cc1)NC(C)Cc1c(C)nn(C)c1C.I. The minimum absolute atomic E-state index is 0. The zero-order valence-corrected chi connectivity index (χ0v) is 21.5. The van der Waals surface area contributed by atoms with Gasteiger partial charge in [-0.3, -0.25) is 14.5 Å². The highest BCUT2D eigenvalue weighted by atomic mass is 127. The van der Waals surface area contributed by atoms with Gasteiger partial charge in [0.1, 0.15) is 0 Å². The summed E-state index contributed by atoms with van der Waals surface area (Å²) in [4.78, 5) is 16.4. The molecule has 1 atom stereocenters. The molecule has 7 nitrogen and oxygen atoms in total. The standard InChI is InChI=1S/C20H29BrN6O.HI/c1-13(12-18-14(2)26-27(5)15(18)3)25-20(22-4)24-11-10-23-19(28)16-6-8-17(21)9-7-16;/h6-9,13H,10-12H2,1-5H3,(H,23,28)(H2,22,24,25);1H. The fourth-order valence-corrected chi connectivity index (χ4v) is 3.22. The van der Waals surface area contributed by atoms with Crippen LogP contribution in [0.5, 0.6) is 0 Å². The van der Waals surface area contributed by atoms with Crippen molar-refractivity contribution in [3.05, 3.63) is 51.3 Å². The molecular weight excluding hydrogens is 547 g/mol. The molecule has 0 saturated heterocycles. The molecule has 9 heteroatoms. The van der Waals surface area contributed by atoms with Gasteiger partial charge in [-0.25, -0.2) is 0 Å². The summed E-state index contributed by atoms with van der Waals surface area (Å²) in [6, 6.07) is 7.48. The quantitative estimate of drug-likeness (QED) is 0.205. The van der Waals surface area contributed by atoms with E-state index in [1.54, 1.807) is 19.2 Å². The third kappa shape index (κ3) is 7.61. The first-order valence-electron chi connectivity index (χ1n) is 9.31. The maximum Gasteiger partial charge on any atom is 0.251 e. The van der Waals surface area contributed by atoms with E-state index in [0.29, 0.717) is 24.6 Å². The van der Waals surface area contributed by atoms with Gasteiger partial charge in [-0.05, 0) is 57.0 Å². The molecule has 1 unspecified atom stereocenters. The molecule has 2 rings (SSSR count). The zero-order chi connectivity index (χ0) is 20.7. The van der Waals surface area contributed by atoms with E-state index < -0.39 is 0 Å². The van der Waals surface area contributed by atoms with Crippen molar-refractivity contribution in [3.8, 4) is 0 Å². The molecule has 0 spiro atoms. The van der Waals surface area contributed by atoms with Crippen LogP contribution in [0.4, 0.5) is 0 Å². The smallest absolute Gasteiger partial charge is 0.251 e. The molecule has 0 radical (unpaired) electrons. The van der Waals surface area contributed by atoms with E-state index in [1.165, 1.54) is 11.3 Å². The molecule has 0 fully saturated rings. The van der Waals surface area contributed by atoms with Gasteiger partial charge in [-0.15, -0.1) is 24.0 Å². The van der Waals surface area contributed by atoms with Crippen LogP contribution in [-0.4, -0.2) is 47.8 Å². The van der Waals surface area contributed by atoms with Gasteiger partial charge in [0.2, 0.25) is 0 Å². The lowest BCUT2D eigenvalue weighted by molar-refractivity contribution is 0.0954. The first-order chi connectivity index (χ1) is 13.3. The first-order valence-corrected chi connectivity index (χ1v) is 10.1. The number of guanidine groups is 1. The van der Waals surface area contributed by atoms with Crippen LogP contribution in [-0.2, 0) is 13.5 Å². The Bertz CT molecular complexity index is 834. The van der Waals surface area contributed by atoms with Crippen molar-refractivity contribution in [2.24, 2.45) is 12.0 Å². The van der Waals surface area contributed by atoms with Crippen LogP contribution in [0.25, 0.3) is 0 Å². The Morgan fingerprint density at radius 2 is 1.83 bits per heavy atom. The largest absolute Gasteiger partial charge is 0.355 e. The summed E-state index contributed by atoms with van der Waals surface area (Å²) in [6.07, 6.45) is 0.868. The number of aromatic nitrogens is 2. The minimum atomic E-state index is -0.0897. The number of hydrogen-bond acceptors (Lipinski definition) is 3. The van der Waals surface area contributed by atoms with Crippen molar-refractivity contribution in [2.75, 3.05) is 20.1 Å². The molecule has 0 aliphatic heterocycles. The Morgan fingerprint density at radius 1 is 1.21 bits per heavy atom. The fraction of sp³-hybridized carbons (Fsp3) is 0.450. The summed E-state index contributed by atoms with van der Waals surface area (Å²) >= 11 is 3.36. The summed E-state index contributed by atoms with van der Waals surface area (Å²) in [5.41, 5.74) is 4.15. The average Bonchev–Trinajstić information content (AvgIpc) is 2.90. The maximum absolute atomic E-state index is 12.1. The van der Waals surface area contributed by atoms with Crippen molar-refractivity contribution in [2.45, 2.75) is 33.2 Å². The van der Waals surface area contributed by atoms with E-state index >= 15 is 0 Å². The number of nitrogens with one attached hydrogen (secondary N) is 3. The predicted molar refractivity (Wildman–Crippen MR) is 132 cm³/mol. The minimum Gasteiger partial charge on any atom is -0.355 e. The van der Waals surface area contributed by atoms with E-state index in [0.717, 1.165) is 16.6 Å². The molecule has 0 bridgehead atoms. The van der Waals surface area contributed by atoms with E-state index in [4.69, 9.17) is 0 Å². The number of benzene rings is 1. The third-order valence-corrected chi connectivity index (χ3v) is 5.11. The van der Waals surface area contributed by atoms with Crippen molar-refractivity contribution in [1.29, 1.82) is 0 Å². The van der Waals surface area contributed by atoms with Crippen LogP contribution in [0.1, 0.15) is 34.2 Å². The lowest BCUT2D eigenvalue weighted by atomic mass is 10.1. The van der Waals surface area contributed by atoms with E-state index in [2.05, 4.69) is 55.8 Å². The summed E-state index contributed by atoms with van der Waals surface area (Å²) < 4.78 is 2.87. The molecule has 2 aromatic rings. The molecule has 0 aliphatic rings. The van der Waals surface area contributed by atoms with Gasteiger partial charge in [-0.1, -0.05) is 15.9 Å². The van der Waals surface area contributed by atoms with Crippen LogP contribution >= 0.6 is 39.9 Å². The van der Waals surface area contributed by atoms with Gasteiger partial charge in [0.25, 0.3) is 5.91 Å². The lowest BCUT2D eigenvalue weighted by Crippen LogP contribution is -2.45. The molecular formula is C20H30BrIN6O. The molecule has 0 saturated carbocycles.